The van der Waals surface area contributed by atoms with Crippen molar-refractivity contribution in [3.8, 4) is 0 Å². The summed E-state index contributed by atoms with van der Waals surface area (Å²) in [6, 6.07) is 9.21. The van der Waals surface area contributed by atoms with Gasteiger partial charge in [0.2, 0.25) is 5.91 Å². The molecule has 7 nitrogen and oxygen atoms in total. The quantitative estimate of drug-likeness (QED) is 0.671. The Kier molecular flexibility index (Phi) is 5.55. The zero-order chi connectivity index (χ0) is 23.0. The highest BCUT2D eigenvalue weighted by Gasteiger charge is 2.42. The van der Waals surface area contributed by atoms with E-state index in [1.807, 2.05) is 0 Å². The summed E-state index contributed by atoms with van der Waals surface area (Å²) in [5, 5.41) is 5.48. The third-order valence-corrected chi connectivity index (χ3v) is 5.23. The van der Waals surface area contributed by atoms with Gasteiger partial charge < -0.3 is 15.4 Å². The molecule has 1 atom stereocenters. The first-order valence-electron chi connectivity index (χ1n) is 9.34. The molecule has 0 aromatic heterocycles. The number of nitrogens with zero attached hydrogens (tertiary/aromatic N) is 1. The second-order valence-corrected chi connectivity index (χ2v) is 7.52. The molecule has 2 aromatic carbocycles. The van der Waals surface area contributed by atoms with Crippen LogP contribution >= 0.6 is 11.6 Å². The summed E-state index contributed by atoms with van der Waals surface area (Å²) >= 11 is 5.89. The number of anilines is 1. The monoisotopic (exact) mass is 465 g/mol. The zero-order valence-corrected chi connectivity index (χ0v) is 17.0. The molecule has 3 amide bonds. The lowest BCUT2D eigenvalue weighted by atomic mass is 9.96. The number of amides is 3. The summed E-state index contributed by atoms with van der Waals surface area (Å²) in [4.78, 5) is 38.6. The molecule has 166 valence electrons. The fourth-order valence-corrected chi connectivity index (χ4v) is 3.63. The Morgan fingerprint density at radius 1 is 1.19 bits per heavy atom. The number of carbonyl (C=O) groups is 3. The molecule has 11 heteroatoms. The van der Waals surface area contributed by atoms with E-state index in [9.17, 15) is 27.6 Å². The standard InChI is InChI=1S/C21H15ClF3N3O4/c22-13-6-4-11(5-7-13)18-17-15(10-32-19(17)30)28(20(31)27-18)9-16(29)26-14-3-1-2-12(8-14)21(23,24)25/h1-8,18H,9-10H2,(H,26,29)(H,27,31). The molecule has 1 unspecified atom stereocenters. The van der Waals surface area contributed by atoms with Crippen LogP contribution in [0.25, 0.3) is 0 Å². The fourth-order valence-electron chi connectivity index (χ4n) is 3.50. The van der Waals surface area contributed by atoms with Crippen molar-refractivity contribution in [3.63, 3.8) is 0 Å². The highest BCUT2D eigenvalue weighted by Crippen LogP contribution is 2.35. The third-order valence-electron chi connectivity index (χ3n) is 4.98. The van der Waals surface area contributed by atoms with Crippen LogP contribution in [0.1, 0.15) is 17.2 Å². The number of rotatable bonds is 4. The van der Waals surface area contributed by atoms with Crippen molar-refractivity contribution in [2.45, 2.75) is 12.2 Å². The van der Waals surface area contributed by atoms with Gasteiger partial charge in [0.25, 0.3) is 0 Å². The molecular weight excluding hydrogens is 451 g/mol. The molecule has 32 heavy (non-hydrogen) atoms. The number of hydrogen-bond donors (Lipinski definition) is 2. The van der Waals surface area contributed by atoms with Gasteiger partial charge in [-0.05, 0) is 35.9 Å². The van der Waals surface area contributed by atoms with Gasteiger partial charge in [0, 0.05) is 10.7 Å². The lowest BCUT2D eigenvalue weighted by Gasteiger charge is -2.32. The van der Waals surface area contributed by atoms with Gasteiger partial charge in [0.1, 0.15) is 13.2 Å². The van der Waals surface area contributed by atoms with Crippen LogP contribution in [0.3, 0.4) is 0 Å². The maximum absolute atomic E-state index is 12.9. The van der Waals surface area contributed by atoms with E-state index in [0.717, 1.165) is 23.1 Å². The first-order chi connectivity index (χ1) is 15.1. The Bertz CT molecular complexity index is 1130. The third kappa shape index (κ3) is 4.26. The van der Waals surface area contributed by atoms with Gasteiger partial charge in [0.05, 0.1) is 22.9 Å². The maximum atomic E-state index is 12.9. The summed E-state index contributed by atoms with van der Waals surface area (Å²) in [5.41, 5.74) is 0.00434. The Morgan fingerprint density at radius 3 is 2.59 bits per heavy atom. The van der Waals surface area contributed by atoms with Crippen molar-refractivity contribution >= 4 is 35.2 Å². The average Bonchev–Trinajstić information content (AvgIpc) is 3.12. The van der Waals surface area contributed by atoms with Crippen LogP contribution in [0, 0.1) is 0 Å². The lowest BCUT2D eigenvalue weighted by Crippen LogP contribution is -2.49. The van der Waals surface area contributed by atoms with E-state index < -0.39 is 42.2 Å². The molecule has 0 bridgehead atoms. The molecule has 4 rings (SSSR count). The van der Waals surface area contributed by atoms with Gasteiger partial charge in [-0.2, -0.15) is 13.2 Å². The Labute approximate surface area is 184 Å². The largest absolute Gasteiger partial charge is 0.456 e. The lowest BCUT2D eigenvalue weighted by molar-refractivity contribution is -0.138. The van der Waals surface area contributed by atoms with E-state index in [-0.39, 0.29) is 23.6 Å². The minimum absolute atomic E-state index is 0.0748. The Balaban J connectivity index is 1.56. The number of hydrogen-bond acceptors (Lipinski definition) is 4. The van der Waals surface area contributed by atoms with Gasteiger partial charge in [-0.3, -0.25) is 9.69 Å². The number of alkyl halides is 3. The first kappa shape index (κ1) is 21.7. The Morgan fingerprint density at radius 2 is 1.91 bits per heavy atom. The molecular formula is C21H15ClF3N3O4. The summed E-state index contributed by atoms with van der Waals surface area (Å²) in [6.07, 6.45) is -4.56. The normalized spacial score (nSPS) is 18.2. The van der Waals surface area contributed by atoms with Gasteiger partial charge in [-0.15, -0.1) is 0 Å². The van der Waals surface area contributed by atoms with Gasteiger partial charge in [-0.25, -0.2) is 9.59 Å². The summed E-state index contributed by atoms with van der Waals surface area (Å²) in [7, 11) is 0. The minimum atomic E-state index is -4.56. The molecule has 2 heterocycles. The molecule has 0 saturated carbocycles. The van der Waals surface area contributed by atoms with Gasteiger partial charge in [0.15, 0.2) is 0 Å². The van der Waals surface area contributed by atoms with Crippen molar-refractivity contribution in [1.82, 2.24) is 10.2 Å². The molecule has 0 saturated heterocycles. The first-order valence-corrected chi connectivity index (χ1v) is 9.72. The molecule has 0 radical (unpaired) electrons. The van der Waals surface area contributed by atoms with Crippen LogP contribution in [0.15, 0.2) is 59.8 Å². The van der Waals surface area contributed by atoms with Crippen LogP contribution in [-0.4, -0.2) is 36.0 Å². The summed E-state index contributed by atoms with van der Waals surface area (Å²) in [6.45, 7) is -0.729. The summed E-state index contributed by atoms with van der Waals surface area (Å²) < 4.78 is 43.7. The highest BCUT2D eigenvalue weighted by atomic mass is 35.5. The highest BCUT2D eigenvalue weighted by molar-refractivity contribution is 6.30. The average molecular weight is 466 g/mol. The minimum Gasteiger partial charge on any atom is -0.456 e. The number of benzene rings is 2. The van der Waals surface area contributed by atoms with Crippen LogP contribution in [-0.2, 0) is 20.5 Å². The predicted octanol–water partition coefficient (Wildman–Crippen LogP) is 3.87. The van der Waals surface area contributed by atoms with Crippen molar-refractivity contribution in [2.75, 3.05) is 18.5 Å². The smallest absolute Gasteiger partial charge is 0.416 e. The van der Waals surface area contributed by atoms with E-state index in [0.29, 0.717) is 10.6 Å². The predicted molar refractivity (Wildman–Crippen MR) is 107 cm³/mol. The van der Waals surface area contributed by atoms with Crippen molar-refractivity contribution in [1.29, 1.82) is 0 Å². The molecule has 2 aromatic rings. The van der Waals surface area contributed by atoms with Crippen LogP contribution < -0.4 is 10.6 Å². The number of nitrogens with one attached hydrogen (secondary N) is 2. The van der Waals surface area contributed by atoms with Gasteiger partial charge >= 0.3 is 18.2 Å². The van der Waals surface area contributed by atoms with E-state index in [4.69, 9.17) is 16.3 Å². The van der Waals surface area contributed by atoms with Crippen LogP contribution in [0.4, 0.5) is 23.7 Å². The van der Waals surface area contributed by atoms with E-state index >= 15 is 0 Å². The molecule has 0 fully saturated rings. The molecule has 0 spiro atoms. The number of carbonyl (C=O) groups excluding carboxylic acids is 3. The van der Waals surface area contributed by atoms with Crippen LogP contribution in [0.2, 0.25) is 5.02 Å². The number of halogens is 4. The maximum Gasteiger partial charge on any atom is 0.416 e. The van der Waals surface area contributed by atoms with E-state index in [1.165, 1.54) is 6.07 Å². The molecule has 2 aliphatic rings. The topological polar surface area (TPSA) is 87.7 Å². The summed E-state index contributed by atoms with van der Waals surface area (Å²) in [5.74, 6) is -1.38. The fraction of sp³-hybridized carbons (Fsp3) is 0.190. The Hall–Kier alpha value is -3.53. The second kappa shape index (κ2) is 8.19. The molecule has 2 N–H and O–H groups in total. The van der Waals surface area contributed by atoms with E-state index in [1.54, 1.807) is 24.3 Å². The molecule has 2 aliphatic heterocycles. The molecule has 0 aliphatic carbocycles. The number of urea groups is 1. The van der Waals surface area contributed by atoms with E-state index in [2.05, 4.69) is 10.6 Å². The van der Waals surface area contributed by atoms with Crippen molar-refractivity contribution in [2.24, 2.45) is 0 Å². The number of esters is 1. The van der Waals surface area contributed by atoms with Gasteiger partial charge in [-0.1, -0.05) is 29.8 Å². The SMILES string of the molecule is O=C(CN1C(=O)NC(c2ccc(Cl)cc2)C2=C1COC2=O)Nc1cccc(C(F)(F)F)c1. The zero-order valence-electron chi connectivity index (χ0n) is 16.2. The second-order valence-electron chi connectivity index (χ2n) is 7.08. The number of ether oxygens (including phenoxy) is 1. The van der Waals surface area contributed by atoms with Crippen molar-refractivity contribution < 1.29 is 32.3 Å². The van der Waals surface area contributed by atoms with Crippen molar-refractivity contribution in [3.05, 3.63) is 76.0 Å². The van der Waals surface area contributed by atoms with Crippen LogP contribution in [0.5, 0.6) is 0 Å². The number of cyclic esters (lactones) is 1.